The van der Waals surface area contributed by atoms with Gasteiger partial charge in [0.2, 0.25) is 17.7 Å². The summed E-state index contributed by atoms with van der Waals surface area (Å²) in [5.74, 6) is -2.34. The topological polar surface area (TPSA) is 97.0 Å². The third-order valence-corrected chi connectivity index (χ3v) is 7.29. The average molecular weight is 468 g/mol. The van der Waals surface area contributed by atoms with Gasteiger partial charge in [0.1, 0.15) is 11.6 Å². The van der Waals surface area contributed by atoms with E-state index in [4.69, 9.17) is 9.47 Å². The Morgan fingerprint density at radius 1 is 1.15 bits per heavy atom. The summed E-state index contributed by atoms with van der Waals surface area (Å²) >= 11 is 0. The summed E-state index contributed by atoms with van der Waals surface area (Å²) in [6.45, 7) is 8.49. The van der Waals surface area contributed by atoms with E-state index < -0.39 is 34.6 Å². The number of anilines is 1. The molecule has 5 rings (SSSR count). The fraction of sp³-hybridized carbons (Fsp3) is 0.577. The van der Waals surface area contributed by atoms with Crippen LogP contribution in [0.25, 0.3) is 0 Å². The van der Waals surface area contributed by atoms with E-state index in [1.165, 1.54) is 0 Å². The Kier molecular flexibility index (Phi) is 5.37. The summed E-state index contributed by atoms with van der Waals surface area (Å²) in [6.07, 6.45) is 5.32. The predicted molar refractivity (Wildman–Crippen MR) is 126 cm³/mol. The molecule has 3 fully saturated rings. The fourth-order valence-corrected chi connectivity index (χ4v) is 6.01. The zero-order valence-corrected chi connectivity index (χ0v) is 20.2. The van der Waals surface area contributed by atoms with E-state index in [2.05, 4.69) is 10.6 Å². The Bertz CT molecular complexity index is 1030. The Labute approximate surface area is 200 Å². The van der Waals surface area contributed by atoms with Gasteiger partial charge in [-0.05, 0) is 52.7 Å². The van der Waals surface area contributed by atoms with Gasteiger partial charge in [-0.3, -0.25) is 14.4 Å². The molecule has 0 radical (unpaired) electrons. The van der Waals surface area contributed by atoms with Crippen LogP contribution in [0.4, 0.5) is 5.69 Å². The lowest BCUT2D eigenvalue weighted by molar-refractivity contribution is -0.146. The number of para-hydroxylation sites is 1. The molecule has 8 heteroatoms. The highest BCUT2D eigenvalue weighted by molar-refractivity contribution is 6.03. The number of carbonyl (C=O) groups excluding carboxylic acids is 3. The molecule has 2 bridgehead atoms. The number of rotatable bonds is 5. The van der Waals surface area contributed by atoms with Gasteiger partial charge in [0, 0.05) is 24.4 Å². The van der Waals surface area contributed by atoms with Crippen LogP contribution in [0.1, 0.15) is 40.5 Å². The number of hydrogen-bond acceptors (Lipinski definition) is 5. The zero-order chi connectivity index (χ0) is 24.3. The molecule has 1 aromatic carbocycles. The minimum Gasteiger partial charge on any atom is -0.376 e. The molecule has 0 aliphatic carbocycles. The van der Waals surface area contributed by atoms with Crippen molar-refractivity contribution in [1.29, 1.82) is 0 Å². The van der Waals surface area contributed by atoms with Crippen LogP contribution in [-0.4, -0.2) is 64.7 Å². The van der Waals surface area contributed by atoms with Crippen molar-refractivity contribution < 1.29 is 23.9 Å². The summed E-state index contributed by atoms with van der Waals surface area (Å²) in [6, 6.07) is 8.29. The van der Waals surface area contributed by atoms with Crippen molar-refractivity contribution in [2.24, 2.45) is 11.8 Å². The molecule has 34 heavy (non-hydrogen) atoms. The zero-order valence-electron chi connectivity index (χ0n) is 20.2. The average Bonchev–Trinajstić information content (AvgIpc) is 3.48. The lowest BCUT2D eigenvalue weighted by Crippen LogP contribution is -2.58. The molecule has 6 atom stereocenters. The van der Waals surface area contributed by atoms with Crippen LogP contribution >= 0.6 is 0 Å². The number of ether oxygens (including phenoxy) is 2. The highest BCUT2D eigenvalue weighted by atomic mass is 16.5. The van der Waals surface area contributed by atoms with E-state index in [0.717, 1.165) is 12.8 Å². The molecule has 4 aliphatic heterocycles. The third kappa shape index (κ3) is 3.64. The van der Waals surface area contributed by atoms with Gasteiger partial charge in [-0.25, -0.2) is 0 Å². The molecule has 0 unspecified atom stereocenters. The smallest absolute Gasteiger partial charge is 0.246 e. The predicted octanol–water partition coefficient (Wildman–Crippen LogP) is 2.26. The molecule has 4 aliphatic rings. The van der Waals surface area contributed by atoms with Crippen LogP contribution in [0.3, 0.4) is 0 Å². The van der Waals surface area contributed by atoms with Gasteiger partial charge >= 0.3 is 0 Å². The van der Waals surface area contributed by atoms with Crippen molar-refractivity contribution in [2.75, 3.05) is 18.5 Å². The maximum absolute atomic E-state index is 13.9. The first kappa shape index (κ1) is 23.1. The Morgan fingerprint density at radius 2 is 1.88 bits per heavy atom. The summed E-state index contributed by atoms with van der Waals surface area (Å²) in [5.41, 5.74) is -2.01. The van der Waals surface area contributed by atoms with Gasteiger partial charge < -0.3 is 25.0 Å². The lowest BCUT2D eigenvalue weighted by atomic mass is 9.70. The van der Waals surface area contributed by atoms with Crippen LogP contribution in [0.15, 0.2) is 42.5 Å². The first-order valence-electron chi connectivity index (χ1n) is 12.0. The van der Waals surface area contributed by atoms with Gasteiger partial charge in [0.15, 0.2) is 0 Å². The Balaban J connectivity index is 1.51. The van der Waals surface area contributed by atoms with E-state index in [9.17, 15) is 14.4 Å². The second-order valence-electron chi connectivity index (χ2n) is 11.1. The number of nitrogens with zero attached hydrogens (tertiary/aromatic N) is 1. The number of benzene rings is 1. The van der Waals surface area contributed by atoms with E-state index in [1.54, 1.807) is 17.0 Å². The lowest BCUT2D eigenvalue weighted by Gasteiger charge is -2.35. The highest BCUT2D eigenvalue weighted by Crippen LogP contribution is 2.60. The van der Waals surface area contributed by atoms with Crippen molar-refractivity contribution in [2.45, 2.75) is 69.4 Å². The summed E-state index contributed by atoms with van der Waals surface area (Å²) in [7, 11) is 0. The molecule has 8 nitrogen and oxygen atoms in total. The quantitative estimate of drug-likeness (QED) is 0.648. The molecule has 3 amide bonds. The van der Waals surface area contributed by atoms with Crippen molar-refractivity contribution >= 4 is 23.4 Å². The molecular formula is C26H33N3O5. The van der Waals surface area contributed by atoms with E-state index in [1.807, 2.05) is 58.0 Å². The Hall–Kier alpha value is -2.71. The van der Waals surface area contributed by atoms with Gasteiger partial charge in [-0.15, -0.1) is 0 Å². The van der Waals surface area contributed by atoms with Gasteiger partial charge in [-0.1, -0.05) is 30.4 Å². The van der Waals surface area contributed by atoms with Crippen LogP contribution in [0.5, 0.6) is 0 Å². The number of hydrogen-bond donors (Lipinski definition) is 2. The van der Waals surface area contributed by atoms with E-state index in [-0.39, 0.29) is 23.8 Å². The second kappa shape index (κ2) is 7.92. The largest absolute Gasteiger partial charge is 0.376 e. The van der Waals surface area contributed by atoms with Crippen LogP contribution < -0.4 is 10.6 Å². The fourth-order valence-electron chi connectivity index (χ4n) is 6.01. The molecule has 2 N–H and O–H groups in total. The van der Waals surface area contributed by atoms with Crippen molar-refractivity contribution in [3.8, 4) is 0 Å². The SMILES string of the molecule is CC(C)(C)NC(=O)[C@@H]1N(C[C@@H]2CCCO2)C(=O)[C@H]2[C@H](C(=O)Nc3ccccc3)[C@@]3(C)C=C[C@@]12O3. The maximum atomic E-state index is 13.9. The van der Waals surface area contributed by atoms with Gasteiger partial charge in [-0.2, -0.15) is 0 Å². The normalized spacial score (nSPS) is 36.1. The summed E-state index contributed by atoms with van der Waals surface area (Å²) in [4.78, 5) is 42.7. The molecular weight excluding hydrogens is 434 g/mol. The van der Waals surface area contributed by atoms with Crippen LogP contribution in [-0.2, 0) is 23.9 Å². The summed E-state index contributed by atoms with van der Waals surface area (Å²) in [5, 5.41) is 5.98. The van der Waals surface area contributed by atoms with Crippen molar-refractivity contribution in [3.63, 3.8) is 0 Å². The number of nitrogens with one attached hydrogen (secondary N) is 2. The van der Waals surface area contributed by atoms with Crippen LogP contribution in [0.2, 0.25) is 0 Å². The number of likely N-dealkylation sites (tertiary alicyclic amines) is 1. The number of fused-ring (bicyclic) bond motifs is 1. The molecule has 3 saturated heterocycles. The number of carbonyl (C=O) groups is 3. The minimum absolute atomic E-state index is 0.127. The summed E-state index contributed by atoms with van der Waals surface area (Å²) < 4.78 is 12.3. The standard InChI is InChI=1S/C26H33N3O5/c1-24(2,3)28-22(31)20-26-13-12-25(4,34-26)18(21(30)27-16-9-6-5-7-10-16)19(26)23(32)29(20)15-17-11-8-14-33-17/h5-7,9-10,12-13,17-20H,8,11,14-15H2,1-4H3,(H,27,30)(H,28,31)/t17-,18+,19+,20-,25+,26-/m0/s1. The molecule has 0 saturated carbocycles. The minimum atomic E-state index is -1.20. The second-order valence-corrected chi connectivity index (χ2v) is 11.1. The monoisotopic (exact) mass is 467 g/mol. The highest BCUT2D eigenvalue weighted by Gasteiger charge is 2.76. The molecule has 4 heterocycles. The molecule has 1 aromatic rings. The van der Waals surface area contributed by atoms with Crippen molar-refractivity contribution in [1.82, 2.24) is 10.2 Å². The number of amides is 3. The Morgan fingerprint density at radius 3 is 2.53 bits per heavy atom. The molecule has 0 aromatic heterocycles. The maximum Gasteiger partial charge on any atom is 0.246 e. The van der Waals surface area contributed by atoms with E-state index in [0.29, 0.717) is 18.8 Å². The first-order valence-corrected chi connectivity index (χ1v) is 12.0. The van der Waals surface area contributed by atoms with Crippen LogP contribution in [0, 0.1) is 11.8 Å². The third-order valence-electron chi connectivity index (χ3n) is 7.29. The van der Waals surface area contributed by atoms with Gasteiger partial charge in [0.25, 0.3) is 0 Å². The molecule has 182 valence electrons. The molecule has 1 spiro atoms. The first-order chi connectivity index (χ1) is 16.0. The van der Waals surface area contributed by atoms with Gasteiger partial charge in [0.05, 0.1) is 23.5 Å². The van der Waals surface area contributed by atoms with Crippen molar-refractivity contribution in [3.05, 3.63) is 42.5 Å². The van der Waals surface area contributed by atoms with E-state index >= 15 is 0 Å².